The maximum atomic E-state index is 13.3. The summed E-state index contributed by atoms with van der Waals surface area (Å²) in [6, 6.07) is 0. The molecule has 0 aliphatic heterocycles. The summed E-state index contributed by atoms with van der Waals surface area (Å²) in [6.45, 7) is 11.8. The predicted octanol–water partition coefficient (Wildman–Crippen LogP) is 3.08. The Hall–Kier alpha value is -2.60. The molecule has 6 heteroatoms. The van der Waals surface area contributed by atoms with E-state index in [-0.39, 0.29) is 17.1 Å². The van der Waals surface area contributed by atoms with Crippen molar-refractivity contribution in [3.05, 3.63) is 55.1 Å². The van der Waals surface area contributed by atoms with Crippen LogP contribution in [0.5, 0.6) is 0 Å². The van der Waals surface area contributed by atoms with E-state index in [1.165, 1.54) is 11.3 Å². The third kappa shape index (κ3) is 5.44. The van der Waals surface area contributed by atoms with E-state index in [4.69, 9.17) is 5.73 Å². The molecule has 0 radical (unpaired) electrons. The van der Waals surface area contributed by atoms with Crippen LogP contribution in [0.2, 0.25) is 0 Å². The van der Waals surface area contributed by atoms with E-state index >= 15 is 0 Å². The van der Waals surface area contributed by atoms with Gasteiger partial charge in [0.15, 0.2) is 11.4 Å². The summed E-state index contributed by atoms with van der Waals surface area (Å²) in [5.41, 5.74) is 7.83. The summed E-state index contributed by atoms with van der Waals surface area (Å²) in [5, 5.41) is 14.0. The first-order valence-electron chi connectivity index (χ1n) is 8.92. The summed E-state index contributed by atoms with van der Waals surface area (Å²) in [7, 11) is 0. The lowest BCUT2D eigenvalue weighted by molar-refractivity contribution is 0.431. The fraction of sp³-hybridized carbons (Fsp3) is 0.333. The Morgan fingerprint density at radius 3 is 2.37 bits per heavy atom. The molecule has 0 amide bonds. The molecule has 146 valence electrons. The molecule has 0 atom stereocenters. The number of nitrogens with zero attached hydrogens (tertiary/aromatic N) is 1. The SMILES string of the molecule is C/C=c1/c(=O)c(C(=C/C)/C(C)=C\C(O)=C/C)c(/N=C(\N)NCC)s/c1=C/C. The van der Waals surface area contributed by atoms with Gasteiger partial charge in [0, 0.05) is 16.3 Å². The van der Waals surface area contributed by atoms with Gasteiger partial charge in [-0.2, -0.15) is 0 Å². The van der Waals surface area contributed by atoms with Crippen LogP contribution in [0.4, 0.5) is 5.00 Å². The van der Waals surface area contributed by atoms with Crippen molar-refractivity contribution >= 4 is 40.0 Å². The van der Waals surface area contributed by atoms with Crippen LogP contribution in [0.3, 0.4) is 0 Å². The van der Waals surface area contributed by atoms with Crippen LogP contribution in [0, 0.1) is 0 Å². The number of rotatable bonds is 5. The minimum absolute atomic E-state index is 0.104. The lowest BCUT2D eigenvalue weighted by atomic mass is 9.98. The molecule has 0 saturated carbocycles. The van der Waals surface area contributed by atoms with Crippen LogP contribution < -0.4 is 26.2 Å². The van der Waals surface area contributed by atoms with Gasteiger partial charge < -0.3 is 16.2 Å². The zero-order valence-electron chi connectivity index (χ0n) is 16.9. The van der Waals surface area contributed by atoms with Gasteiger partial charge in [0.2, 0.25) is 0 Å². The van der Waals surface area contributed by atoms with E-state index in [0.717, 1.165) is 15.7 Å². The highest BCUT2D eigenvalue weighted by molar-refractivity contribution is 7.13. The second-order valence-corrected chi connectivity index (χ2v) is 6.77. The molecule has 5 nitrogen and oxygen atoms in total. The van der Waals surface area contributed by atoms with Gasteiger partial charge in [-0.15, -0.1) is 11.3 Å². The fourth-order valence-electron chi connectivity index (χ4n) is 2.64. The number of guanidine groups is 1. The van der Waals surface area contributed by atoms with E-state index in [2.05, 4.69) is 10.3 Å². The zero-order valence-corrected chi connectivity index (χ0v) is 17.7. The average molecular weight is 388 g/mol. The van der Waals surface area contributed by atoms with Crippen LogP contribution in [-0.2, 0) is 0 Å². The van der Waals surface area contributed by atoms with E-state index in [9.17, 15) is 9.90 Å². The van der Waals surface area contributed by atoms with Crippen molar-refractivity contribution in [2.24, 2.45) is 10.7 Å². The normalized spacial score (nSPS) is 15.5. The number of hydrogen-bond acceptors (Lipinski definition) is 4. The van der Waals surface area contributed by atoms with Gasteiger partial charge in [-0.05, 0) is 64.8 Å². The van der Waals surface area contributed by atoms with Crippen molar-refractivity contribution < 1.29 is 5.11 Å². The fourth-order valence-corrected chi connectivity index (χ4v) is 3.74. The number of aliphatic imine (C=N–C) groups is 1. The number of nitrogens with one attached hydrogen (secondary N) is 1. The minimum Gasteiger partial charge on any atom is -0.508 e. The van der Waals surface area contributed by atoms with Crippen molar-refractivity contribution in [3.63, 3.8) is 0 Å². The molecule has 0 aromatic carbocycles. The molecule has 0 aliphatic rings. The Morgan fingerprint density at radius 1 is 1.22 bits per heavy atom. The smallest absolute Gasteiger partial charge is 0.197 e. The topological polar surface area (TPSA) is 87.7 Å². The molecule has 0 fully saturated rings. The number of nitrogens with two attached hydrogens (primary N) is 1. The Labute approximate surface area is 164 Å². The largest absolute Gasteiger partial charge is 0.508 e. The second kappa shape index (κ2) is 10.5. The maximum absolute atomic E-state index is 13.3. The second-order valence-electron chi connectivity index (χ2n) is 5.74. The van der Waals surface area contributed by atoms with Gasteiger partial charge in [0.25, 0.3) is 0 Å². The van der Waals surface area contributed by atoms with Gasteiger partial charge in [0.05, 0.1) is 5.56 Å². The Bertz CT molecular complexity index is 980. The first kappa shape index (κ1) is 22.4. The van der Waals surface area contributed by atoms with Gasteiger partial charge >= 0.3 is 0 Å². The van der Waals surface area contributed by atoms with Crippen LogP contribution >= 0.6 is 11.3 Å². The van der Waals surface area contributed by atoms with Gasteiger partial charge in [-0.25, -0.2) is 4.99 Å². The summed E-state index contributed by atoms with van der Waals surface area (Å²) in [4.78, 5) is 17.7. The predicted molar refractivity (Wildman–Crippen MR) is 119 cm³/mol. The lowest BCUT2D eigenvalue weighted by Gasteiger charge is -2.12. The molecular weight excluding hydrogens is 358 g/mol. The quantitative estimate of drug-likeness (QED) is 0.314. The molecule has 0 unspecified atom stereocenters. The Morgan fingerprint density at radius 2 is 1.89 bits per heavy atom. The number of allylic oxidation sites excluding steroid dienone is 5. The lowest BCUT2D eigenvalue weighted by Crippen LogP contribution is -2.39. The highest BCUT2D eigenvalue weighted by Crippen LogP contribution is 2.30. The molecule has 1 aromatic heterocycles. The van der Waals surface area contributed by atoms with E-state index in [1.807, 2.05) is 52.8 Å². The highest BCUT2D eigenvalue weighted by atomic mass is 32.1. The first-order valence-corrected chi connectivity index (χ1v) is 9.74. The third-order valence-electron chi connectivity index (χ3n) is 3.93. The van der Waals surface area contributed by atoms with E-state index in [1.54, 1.807) is 19.1 Å². The van der Waals surface area contributed by atoms with E-state index < -0.39 is 0 Å². The van der Waals surface area contributed by atoms with Crippen molar-refractivity contribution in [1.29, 1.82) is 0 Å². The van der Waals surface area contributed by atoms with E-state index in [0.29, 0.717) is 22.3 Å². The zero-order chi connectivity index (χ0) is 20.6. The monoisotopic (exact) mass is 387 g/mol. The van der Waals surface area contributed by atoms with Gasteiger partial charge in [-0.1, -0.05) is 18.2 Å². The van der Waals surface area contributed by atoms with Crippen LogP contribution in [0.15, 0.2) is 39.3 Å². The molecule has 1 aromatic rings. The van der Waals surface area contributed by atoms with Gasteiger partial charge in [-0.3, -0.25) is 4.79 Å². The molecule has 0 spiro atoms. The van der Waals surface area contributed by atoms with Crippen molar-refractivity contribution in [2.75, 3.05) is 6.54 Å². The Balaban J connectivity index is 3.97. The van der Waals surface area contributed by atoms with Gasteiger partial charge in [0.1, 0.15) is 10.8 Å². The molecule has 27 heavy (non-hydrogen) atoms. The average Bonchev–Trinajstić information content (AvgIpc) is 2.64. The summed E-state index contributed by atoms with van der Waals surface area (Å²) in [5.74, 6) is 0.402. The molecule has 0 saturated heterocycles. The number of aliphatic hydroxyl groups is 1. The molecule has 1 heterocycles. The van der Waals surface area contributed by atoms with Crippen LogP contribution in [0.25, 0.3) is 17.7 Å². The Kier molecular flexibility index (Phi) is 8.75. The summed E-state index contributed by atoms with van der Waals surface area (Å²) in [6.07, 6.45) is 8.80. The number of aliphatic hydroxyl groups excluding tert-OH is 1. The van der Waals surface area contributed by atoms with Crippen molar-refractivity contribution in [3.8, 4) is 0 Å². The number of hydrogen-bond donors (Lipinski definition) is 3. The highest BCUT2D eigenvalue weighted by Gasteiger charge is 2.16. The molecular formula is C21H29N3O2S. The molecule has 0 aliphatic carbocycles. The summed E-state index contributed by atoms with van der Waals surface area (Å²) >= 11 is 1.41. The molecule has 4 N–H and O–H groups in total. The maximum Gasteiger partial charge on any atom is 0.197 e. The van der Waals surface area contributed by atoms with Crippen LogP contribution in [-0.4, -0.2) is 17.6 Å². The summed E-state index contributed by atoms with van der Waals surface area (Å²) < 4.78 is 0.850. The minimum atomic E-state index is -0.104. The molecule has 0 bridgehead atoms. The van der Waals surface area contributed by atoms with Crippen LogP contribution in [0.1, 0.15) is 47.1 Å². The third-order valence-corrected chi connectivity index (χ3v) is 5.10. The standard InChI is InChI=1S/C21H29N3O2S/c1-7-14(25)12-13(6)15(8-2)18-19(26)16(9-3)17(10-4)27-20(18)24-21(22)23-11-5/h7-10,12,25H,11H2,1-6H3,(H3,22,23,24)/b13-12-,14-7+,15-8+,16-9+,17-10+. The van der Waals surface area contributed by atoms with Crippen molar-refractivity contribution in [1.82, 2.24) is 5.32 Å². The first-order chi connectivity index (χ1) is 12.8. The van der Waals surface area contributed by atoms with Crippen molar-refractivity contribution in [2.45, 2.75) is 41.5 Å². The molecule has 1 rings (SSSR count).